The van der Waals surface area contributed by atoms with E-state index >= 15 is 0 Å². The predicted octanol–water partition coefficient (Wildman–Crippen LogP) is 4.11. The number of carbonyl (C=O) groups excluding carboxylic acids is 2. The summed E-state index contributed by atoms with van der Waals surface area (Å²) in [7, 11) is -4.14. The average molecular weight is 484 g/mol. The molecular formula is C25H26FN3O4S. The second kappa shape index (κ2) is 10.5. The van der Waals surface area contributed by atoms with Crippen molar-refractivity contribution in [2.45, 2.75) is 31.7 Å². The number of anilines is 2. The van der Waals surface area contributed by atoms with E-state index in [1.165, 1.54) is 24.3 Å². The molecule has 0 atom stereocenters. The minimum Gasteiger partial charge on any atom is -0.350 e. The summed E-state index contributed by atoms with van der Waals surface area (Å²) in [5.41, 5.74) is 1.50. The van der Waals surface area contributed by atoms with E-state index in [-0.39, 0.29) is 33.8 Å². The highest BCUT2D eigenvalue weighted by Crippen LogP contribution is 2.25. The zero-order valence-corrected chi connectivity index (χ0v) is 19.9. The first-order valence-corrected chi connectivity index (χ1v) is 12.1. The normalized spacial score (nSPS) is 11.2. The zero-order chi connectivity index (χ0) is 24.9. The number of sulfonamides is 1. The van der Waals surface area contributed by atoms with Gasteiger partial charge in [-0.3, -0.25) is 13.9 Å². The second-order valence-corrected chi connectivity index (χ2v) is 9.89. The number of para-hydroxylation sites is 1. The summed E-state index contributed by atoms with van der Waals surface area (Å²) in [6, 6.07) is 17.4. The predicted molar refractivity (Wildman–Crippen MR) is 130 cm³/mol. The summed E-state index contributed by atoms with van der Waals surface area (Å²) in [5.74, 6) is -1.57. The van der Waals surface area contributed by atoms with Crippen molar-refractivity contribution < 1.29 is 22.4 Å². The van der Waals surface area contributed by atoms with Crippen LogP contribution in [0.4, 0.5) is 15.8 Å². The van der Waals surface area contributed by atoms with Crippen molar-refractivity contribution in [3.63, 3.8) is 0 Å². The van der Waals surface area contributed by atoms with E-state index in [4.69, 9.17) is 0 Å². The van der Waals surface area contributed by atoms with Gasteiger partial charge >= 0.3 is 0 Å². The van der Waals surface area contributed by atoms with Crippen LogP contribution >= 0.6 is 0 Å². The van der Waals surface area contributed by atoms with Gasteiger partial charge in [0, 0.05) is 6.04 Å². The zero-order valence-electron chi connectivity index (χ0n) is 19.1. The summed E-state index contributed by atoms with van der Waals surface area (Å²) in [6.07, 6.45) is 0. The molecule has 0 heterocycles. The highest BCUT2D eigenvalue weighted by Gasteiger charge is 2.27. The minimum atomic E-state index is -4.14. The number of carbonyl (C=O) groups is 2. The molecule has 0 aliphatic rings. The molecule has 3 aromatic rings. The molecule has 0 bridgehead atoms. The topological polar surface area (TPSA) is 95.6 Å². The van der Waals surface area contributed by atoms with E-state index in [1.807, 2.05) is 20.8 Å². The Morgan fingerprint density at radius 2 is 1.56 bits per heavy atom. The number of nitrogens with zero attached hydrogens (tertiary/aromatic N) is 1. The number of nitrogens with one attached hydrogen (secondary N) is 2. The Labute approximate surface area is 198 Å². The molecular weight excluding hydrogens is 457 g/mol. The Kier molecular flexibility index (Phi) is 7.68. The van der Waals surface area contributed by atoms with Gasteiger partial charge in [0.2, 0.25) is 5.91 Å². The van der Waals surface area contributed by atoms with Crippen molar-refractivity contribution in [2.75, 3.05) is 16.2 Å². The Hall–Kier alpha value is -3.72. The van der Waals surface area contributed by atoms with E-state index in [0.29, 0.717) is 0 Å². The number of benzene rings is 3. The lowest BCUT2D eigenvalue weighted by Gasteiger charge is -2.24. The molecule has 0 saturated heterocycles. The summed E-state index contributed by atoms with van der Waals surface area (Å²) in [5, 5.41) is 5.39. The lowest BCUT2D eigenvalue weighted by Crippen LogP contribution is -2.38. The van der Waals surface area contributed by atoms with E-state index in [2.05, 4.69) is 10.6 Å². The second-order valence-electron chi connectivity index (χ2n) is 8.02. The summed E-state index contributed by atoms with van der Waals surface area (Å²) in [4.78, 5) is 25.5. The molecule has 2 amide bonds. The highest BCUT2D eigenvalue weighted by atomic mass is 32.2. The van der Waals surface area contributed by atoms with Gasteiger partial charge < -0.3 is 10.6 Å². The van der Waals surface area contributed by atoms with Crippen LogP contribution in [0.2, 0.25) is 0 Å². The third-order valence-electron chi connectivity index (χ3n) is 4.88. The van der Waals surface area contributed by atoms with Gasteiger partial charge in [-0.05, 0) is 69.3 Å². The maximum absolute atomic E-state index is 13.5. The maximum atomic E-state index is 13.5. The van der Waals surface area contributed by atoms with Gasteiger partial charge in [-0.2, -0.15) is 0 Å². The average Bonchev–Trinajstić information content (AvgIpc) is 2.78. The highest BCUT2D eigenvalue weighted by molar-refractivity contribution is 7.92. The molecule has 0 spiro atoms. The number of hydrogen-bond donors (Lipinski definition) is 2. The molecule has 0 aromatic heterocycles. The summed E-state index contributed by atoms with van der Waals surface area (Å²) in [6.45, 7) is 4.88. The minimum absolute atomic E-state index is 0.00747. The molecule has 0 unspecified atom stereocenters. The van der Waals surface area contributed by atoms with Crippen LogP contribution in [-0.4, -0.2) is 32.8 Å². The molecule has 34 heavy (non-hydrogen) atoms. The van der Waals surface area contributed by atoms with Crippen molar-refractivity contribution in [3.8, 4) is 0 Å². The smallest absolute Gasteiger partial charge is 0.264 e. The summed E-state index contributed by atoms with van der Waals surface area (Å²) >= 11 is 0. The van der Waals surface area contributed by atoms with Gasteiger partial charge in [0.15, 0.2) is 0 Å². The largest absolute Gasteiger partial charge is 0.350 e. The summed E-state index contributed by atoms with van der Waals surface area (Å²) < 4.78 is 41.2. The standard InChI is InChI=1S/C25H26FN3O4S/c1-17(2)27-25(31)22-6-4-5-7-23(22)28-24(30)16-29(20-12-10-19(26)11-13-20)34(32,33)21-14-8-18(3)9-15-21/h4-15,17H,16H2,1-3H3,(H,27,31)(H,28,30). The molecule has 3 aromatic carbocycles. The van der Waals surface area contributed by atoms with Crippen LogP contribution in [0.3, 0.4) is 0 Å². The van der Waals surface area contributed by atoms with Gasteiger partial charge in [-0.1, -0.05) is 29.8 Å². The molecule has 0 aliphatic heterocycles. The van der Waals surface area contributed by atoms with Gasteiger partial charge in [-0.25, -0.2) is 12.8 Å². The lowest BCUT2D eigenvalue weighted by molar-refractivity contribution is -0.114. The van der Waals surface area contributed by atoms with Gasteiger partial charge in [0.25, 0.3) is 15.9 Å². The first-order chi connectivity index (χ1) is 16.1. The number of rotatable bonds is 8. The lowest BCUT2D eigenvalue weighted by atomic mass is 10.1. The first-order valence-electron chi connectivity index (χ1n) is 10.6. The van der Waals surface area contributed by atoms with Gasteiger partial charge in [-0.15, -0.1) is 0 Å². The fraction of sp³-hybridized carbons (Fsp3) is 0.200. The molecule has 0 aliphatic carbocycles. The third-order valence-corrected chi connectivity index (χ3v) is 6.66. The molecule has 9 heteroatoms. The molecule has 2 N–H and O–H groups in total. The fourth-order valence-electron chi connectivity index (χ4n) is 3.21. The Balaban J connectivity index is 1.92. The monoisotopic (exact) mass is 483 g/mol. The quantitative estimate of drug-likeness (QED) is 0.504. The van der Waals surface area contributed by atoms with Crippen molar-refractivity contribution in [1.29, 1.82) is 0 Å². The van der Waals surface area contributed by atoms with Crippen LogP contribution in [0.15, 0.2) is 77.7 Å². The van der Waals surface area contributed by atoms with Gasteiger partial charge in [0.05, 0.1) is 21.8 Å². The van der Waals surface area contributed by atoms with Crippen LogP contribution in [0, 0.1) is 12.7 Å². The van der Waals surface area contributed by atoms with Crippen molar-refractivity contribution >= 4 is 33.2 Å². The SMILES string of the molecule is Cc1ccc(S(=O)(=O)N(CC(=O)Nc2ccccc2C(=O)NC(C)C)c2ccc(F)cc2)cc1. The van der Waals surface area contributed by atoms with E-state index in [1.54, 1.807) is 36.4 Å². The molecule has 0 radical (unpaired) electrons. The van der Waals surface area contributed by atoms with Crippen LogP contribution in [-0.2, 0) is 14.8 Å². The van der Waals surface area contributed by atoms with Crippen LogP contribution < -0.4 is 14.9 Å². The molecule has 178 valence electrons. The fourth-order valence-corrected chi connectivity index (χ4v) is 4.63. The van der Waals surface area contributed by atoms with E-state index in [0.717, 1.165) is 22.0 Å². The number of halogens is 1. The molecule has 0 fully saturated rings. The Morgan fingerprint density at radius 3 is 2.18 bits per heavy atom. The van der Waals surface area contributed by atoms with Crippen LogP contribution in [0.1, 0.15) is 29.8 Å². The van der Waals surface area contributed by atoms with E-state index < -0.39 is 28.3 Å². The van der Waals surface area contributed by atoms with Crippen LogP contribution in [0.25, 0.3) is 0 Å². The number of aryl methyl sites for hydroxylation is 1. The Bertz CT molecular complexity index is 1270. The van der Waals surface area contributed by atoms with E-state index in [9.17, 15) is 22.4 Å². The molecule has 7 nitrogen and oxygen atoms in total. The molecule has 0 saturated carbocycles. The number of hydrogen-bond acceptors (Lipinski definition) is 4. The third kappa shape index (κ3) is 5.99. The Morgan fingerprint density at radius 1 is 0.941 bits per heavy atom. The van der Waals surface area contributed by atoms with Crippen molar-refractivity contribution in [1.82, 2.24) is 5.32 Å². The van der Waals surface area contributed by atoms with Crippen molar-refractivity contribution in [2.24, 2.45) is 0 Å². The van der Waals surface area contributed by atoms with Gasteiger partial charge in [0.1, 0.15) is 12.4 Å². The van der Waals surface area contributed by atoms with Crippen LogP contribution in [0.5, 0.6) is 0 Å². The van der Waals surface area contributed by atoms with Crippen molar-refractivity contribution in [3.05, 3.63) is 89.7 Å². The number of amides is 2. The molecule has 3 rings (SSSR count). The maximum Gasteiger partial charge on any atom is 0.264 e. The first kappa shape index (κ1) is 24.9.